The predicted molar refractivity (Wildman–Crippen MR) is 186 cm³/mol. The Morgan fingerprint density at radius 3 is 2.04 bits per heavy atom. The summed E-state index contributed by atoms with van der Waals surface area (Å²) in [6.45, 7) is 6.65. The lowest BCUT2D eigenvalue weighted by atomic mass is 10.0. The van der Waals surface area contributed by atoms with Crippen molar-refractivity contribution in [2.45, 2.75) is 57.1 Å². The molecule has 2 amide bonds. The van der Waals surface area contributed by atoms with Crippen LogP contribution in [0.15, 0.2) is 102 Å². The Morgan fingerprint density at radius 2 is 1.43 bits per heavy atom. The van der Waals surface area contributed by atoms with Crippen LogP contribution in [0.2, 0.25) is 15.1 Å². The maximum atomic E-state index is 14.6. The Bertz CT molecular complexity index is 1800. The van der Waals surface area contributed by atoms with Gasteiger partial charge < -0.3 is 10.2 Å². The van der Waals surface area contributed by atoms with Crippen molar-refractivity contribution < 1.29 is 18.0 Å². The highest BCUT2D eigenvalue weighted by molar-refractivity contribution is 7.92. The number of carbonyl (C=O) groups excluding carboxylic acids is 2. The summed E-state index contributed by atoms with van der Waals surface area (Å²) in [5, 5.41) is 3.94. The van der Waals surface area contributed by atoms with Gasteiger partial charge in [-0.2, -0.15) is 0 Å². The molecule has 0 saturated heterocycles. The number of benzene rings is 4. The normalized spacial score (nSPS) is 12.3. The molecule has 0 bridgehead atoms. The minimum atomic E-state index is -4.25. The van der Waals surface area contributed by atoms with Crippen LogP contribution in [-0.4, -0.2) is 43.3 Å². The fraction of sp³-hybridized carbons (Fsp3) is 0.257. The van der Waals surface area contributed by atoms with Gasteiger partial charge in [-0.25, -0.2) is 8.42 Å². The van der Waals surface area contributed by atoms with Gasteiger partial charge in [0.25, 0.3) is 10.0 Å². The largest absolute Gasteiger partial charge is 0.350 e. The molecule has 46 heavy (non-hydrogen) atoms. The van der Waals surface area contributed by atoms with Crippen LogP contribution in [0.5, 0.6) is 0 Å². The highest BCUT2D eigenvalue weighted by Gasteiger charge is 2.36. The van der Waals surface area contributed by atoms with E-state index in [0.717, 1.165) is 9.87 Å². The summed E-state index contributed by atoms with van der Waals surface area (Å²) in [7, 11) is -4.25. The highest BCUT2D eigenvalue weighted by atomic mass is 35.5. The lowest BCUT2D eigenvalue weighted by Gasteiger charge is -2.35. The number of halogens is 3. The predicted octanol–water partition coefficient (Wildman–Crippen LogP) is 7.71. The van der Waals surface area contributed by atoms with Crippen molar-refractivity contribution in [2.24, 2.45) is 0 Å². The van der Waals surface area contributed by atoms with Crippen LogP contribution in [-0.2, 0) is 32.6 Å². The Labute approximate surface area is 286 Å². The molecule has 4 aromatic rings. The Balaban J connectivity index is 1.86. The Morgan fingerprint density at radius 1 is 0.804 bits per heavy atom. The van der Waals surface area contributed by atoms with Crippen molar-refractivity contribution in [3.63, 3.8) is 0 Å². The number of nitrogens with zero attached hydrogens (tertiary/aromatic N) is 2. The van der Waals surface area contributed by atoms with Crippen LogP contribution < -0.4 is 9.62 Å². The SMILES string of the molecule is Cc1ccc(Cl)cc1N(CC(=O)N(Cc1ccc(Cl)c(Cl)c1)C(Cc1ccccc1)C(=O)NC(C)(C)C)S(=O)(=O)c1ccccc1. The highest BCUT2D eigenvalue weighted by Crippen LogP contribution is 2.31. The van der Waals surface area contributed by atoms with E-state index in [4.69, 9.17) is 34.8 Å². The molecule has 0 radical (unpaired) electrons. The molecule has 0 aromatic heterocycles. The fourth-order valence-electron chi connectivity index (χ4n) is 4.93. The van der Waals surface area contributed by atoms with Crippen molar-refractivity contribution in [1.29, 1.82) is 0 Å². The summed E-state index contributed by atoms with van der Waals surface area (Å²) in [4.78, 5) is 30.0. The number of anilines is 1. The number of carbonyl (C=O) groups is 2. The zero-order valence-corrected chi connectivity index (χ0v) is 29.1. The van der Waals surface area contributed by atoms with Crippen LogP contribution in [0.1, 0.15) is 37.5 Å². The molecule has 7 nitrogen and oxygen atoms in total. The van der Waals surface area contributed by atoms with Gasteiger partial charge in [0.15, 0.2) is 0 Å². The van der Waals surface area contributed by atoms with Crippen molar-refractivity contribution in [1.82, 2.24) is 10.2 Å². The van der Waals surface area contributed by atoms with Gasteiger partial charge in [0.1, 0.15) is 12.6 Å². The minimum Gasteiger partial charge on any atom is -0.350 e. The third kappa shape index (κ3) is 9.04. The molecule has 0 aliphatic carbocycles. The number of rotatable bonds is 11. The van der Waals surface area contributed by atoms with Gasteiger partial charge in [-0.15, -0.1) is 0 Å². The topological polar surface area (TPSA) is 86.8 Å². The van der Waals surface area contributed by atoms with E-state index in [-0.39, 0.29) is 34.5 Å². The average Bonchev–Trinajstić information content (AvgIpc) is 3.00. The molecule has 0 aliphatic heterocycles. The summed E-state index contributed by atoms with van der Waals surface area (Å²) in [5.74, 6) is -0.990. The Hall–Kier alpha value is -3.56. The Kier molecular flexibility index (Phi) is 11.4. The van der Waals surface area contributed by atoms with E-state index in [0.29, 0.717) is 21.2 Å². The van der Waals surface area contributed by atoms with Crippen LogP contribution in [0, 0.1) is 6.92 Å². The van der Waals surface area contributed by atoms with Crippen molar-refractivity contribution >= 4 is 62.3 Å². The van der Waals surface area contributed by atoms with E-state index in [1.807, 2.05) is 51.1 Å². The number of hydrogen-bond acceptors (Lipinski definition) is 4. The summed E-state index contributed by atoms with van der Waals surface area (Å²) in [6.07, 6.45) is 0.178. The van der Waals surface area contributed by atoms with Gasteiger partial charge >= 0.3 is 0 Å². The number of hydrogen-bond donors (Lipinski definition) is 1. The first-order valence-corrected chi connectivity index (χ1v) is 17.2. The molecule has 242 valence electrons. The van der Waals surface area contributed by atoms with Crippen LogP contribution in [0.4, 0.5) is 5.69 Å². The monoisotopic (exact) mass is 699 g/mol. The number of amides is 2. The first-order chi connectivity index (χ1) is 21.7. The van der Waals surface area contributed by atoms with E-state index >= 15 is 0 Å². The quantitative estimate of drug-likeness (QED) is 0.174. The molecule has 0 aliphatic rings. The maximum absolute atomic E-state index is 14.6. The summed E-state index contributed by atoms with van der Waals surface area (Å²) in [5.41, 5.74) is 1.67. The van der Waals surface area contributed by atoms with Gasteiger partial charge in [-0.05, 0) is 80.8 Å². The van der Waals surface area contributed by atoms with E-state index in [2.05, 4.69) is 5.32 Å². The van der Waals surface area contributed by atoms with Crippen LogP contribution in [0.3, 0.4) is 0 Å². The number of nitrogens with one attached hydrogen (secondary N) is 1. The summed E-state index contributed by atoms with van der Waals surface area (Å²) < 4.78 is 29.4. The van der Waals surface area contributed by atoms with Crippen LogP contribution >= 0.6 is 34.8 Å². The first-order valence-electron chi connectivity index (χ1n) is 14.6. The average molecular weight is 701 g/mol. The molecule has 1 N–H and O–H groups in total. The summed E-state index contributed by atoms with van der Waals surface area (Å²) in [6, 6.07) is 26.0. The third-order valence-corrected chi connectivity index (χ3v) is 9.90. The van der Waals surface area contributed by atoms with Gasteiger partial charge in [0, 0.05) is 23.5 Å². The van der Waals surface area contributed by atoms with E-state index in [9.17, 15) is 18.0 Å². The van der Waals surface area contributed by atoms with Crippen molar-refractivity contribution in [3.05, 3.63) is 129 Å². The smallest absolute Gasteiger partial charge is 0.264 e. The number of aryl methyl sites for hydroxylation is 1. The van der Waals surface area contributed by atoms with Crippen molar-refractivity contribution in [2.75, 3.05) is 10.8 Å². The molecular weight excluding hydrogens is 665 g/mol. The summed E-state index contributed by atoms with van der Waals surface area (Å²) >= 11 is 18.9. The molecular formula is C35H36Cl3N3O4S. The molecule has 4 rings (SSSR count). The first kappa shape index (κ1) is 35.3. The minimum absolute atomic E-state index is 0.00418. The van der Waals surface area contributed by atoms with E-state index < -0.39 is 34.1 Å². The van der Waals surface area contributed by atoms with Gasteiger partial charge in [0.2, 0.25) is 11.8 Å². The molecule has 1 unspecified atom stereocenters. The van der Waals surface area contributed by atoms with E-state index in [1.165, 1.54) is 23.1 Å². The lowest BCUT2D eigenvalue weighted by molar-refractivity contribution is -0.140. The zero-order valence-electron chi connectivity index (χ0n) is 26.0. The second kappa shape index (κ2) is 14.9. The molecule has 0 heterocycles. The zero-order chi connectivity index (χ0) is 33.6. The second-order valence-electron chi connectivity index (χ2n) is 12.0. The number of sulfonamides is 1. The standard InChI is InChI=1S/C35H36Cl3N3O4S/c1-24-15-17-27(36)21-31(24)41(46(44,45)28-13-9-6-10-14-28)23-33(42)40(22-26-16-18-29(37)30(38)19-26)32(34(43)39-35(2,3)4)20-25-11-7-5-8-12-25/h5-19,21,32H,20,22-23H2,1-4H3,(H,39,43). The molecule has 0 saturated carbocycles. The molecule has 4 aromatic carbocycles. The lowest BCUT2D eigenvalue weighted by Crippen LogP contribution is -2.56. The molecule has 1 atom stereocenters. The van der Waals surface area contributed by atoms with Gasteiger partial charge in [0.05, 0.1) is 20.6 Å². The maximum Gasteiger partial charge on any atom is 0.264 e. The molecule has 11 heteroatoms. The second-order valence-corrected chi connectivity index (χ2v) is 15.1. The molecule has 0 spiro atoms. The van der Waals surface area contributed by atoms with Gasteiger partial charge in [-0.1, -0.05) is 95.5 Å². The molecule has 0 fully saturated rings. The third-order valence-electron chi connectivity index (χ3n) is 7.16. The van der Waals surface area contributed by atoms with Gasteiger partial charge in [-0.3, -0.25) is 13.9 Å². The van der Waals surface area contributed by atoms with E-state index in [1.54, 1.807) is 55.5 Å². The van der Waals surface area contributed by atoms with Crippen LogP contribution in [0.25, 0.3) is 0 Å². The fourth-order valence-corrected chi connectivity index (χ4v) is 6.90. The van der Waals surface area contributed by atoms with Crippen molar-refractivity contribution in [3.8, 4) is 0 Å².